The van der Waals surface area contributed by atoms with Gasteiger partial charge in [0, 0.05) is 26.1 Å². The Labute approximate surface area is 240 Å². The molecule has 2 saturated heterocycles. The van der Waals surface area contributed by atoms with Gasteiger partial charge < -0.3 is 29.2 Å². The molecule has 7 atom stereocenters. The molecule has 0 aromatic heterocycles. The van der Waals surface area contributed by atoms with Gasteiger partial charge in [-0.05, 0) is 101 Å². The molecule has 2 unspecified atom stereocenters. The lowest BCUT2D eigenvalue weighted by atomic mass is 9.85. The number of carboxylic acids is 1. The Kier molecular flexibility index (Phi) is 13.4. The molecule has 2 aliphatic heterocycles. The highest BCUT2D eigenvalue weighted by Crippen LogP contribution is 2.41. The monoisotopic (exact) mass is 558 g/mol. The van der Waals surface area contributed by atoms with Gasteiger partial charge in [-0.1, -0.05) is 42.5 Å². The van der Waals surface area contributed by atoms with E-state index in [1.54, 1.807) is 0 Å². The lowest BCUT2D eigenvalue weighted by Gasteiger charge is -2.32. The summed E-state index contributed by atoms with van der Waals surface area (Å²) in [5, 5.41) is 20.0. The van der Waals surface area contributed by atoms with Gasteiger partial charge in [-0.25, -0.2) is 0 Å². The molecule has 0 radical (unpaired) electrons. The molecule has 7 heteroatoms. The lowest BCUT2D eigenvalue weighted by Crippen LogP contribution is -2.33. The first kappa shape index (κ1) is 31.2. The van der Waals surface area contributed by atoms with Gasteiger partial charge in [-0.15, -0.1) is 0 Å². The van der Waals surface area contributed by atoms with Crippen molar-refractivity contribution in [2.45, 2.75) is 127 Å². The number of allylic oxidation sites excluding steroid dienone is 2. The van der Waals surface area contributed by atoms with E-state index in [4.69, 9.17) is 24.1 Å². The number of carbonyl (C=O) groups is 1. The van der Waals surface area contributed by atoms with Crippen LogP contribution >= 0.6 is 0 Å². The maximum absolute atomic E-state index is 11.1. The third-order valence-electron chi connectivity index (χ3n) is 8.70. The van der Waals surface area contributed by atoms with Crippen LogP contribution in [0, 0.1) is 11.8 Å². The fraction of sp³-hybridized carbons (Fsp3) is 0.727. The summed E-state index contributed by atoms with van der Waals surface area (Å²) < 4.78 is 24.9. The second-order valence-corrected chi connectivity index (χ2v) is 11.8. The molecule has 1 aliphatic carbocycles. The van der Waals surface area contributed by atoms with E-state index in [2.05, 4.69) is 42.5 Å². The minimum absolute atomic E-state index is 0.0378. The summed E-state index contributed by atoms with van der Waals surface area (Å²) in [6, 6.07) is 10.6. The van der Waals surface area contributed by atoms with Crippen molar-refractivity contribution in [3.05, 3.63) is 48.0 Å². The summed E-state index contributed by atoms with van der Waals surface area (Å²) in [5.74, 6) is -0.448. The van der Waals surface area contributed by atoms with Crippen molar-refractivity contribution in [1.82, 2.24) is 0 Å². The quantitative estimate of drug-likeness (QED) is 0.179. The molecule has 1 aromatic carbocycles. The molecule has 3 fully saturated rings. The topological polar surface area (TPSA) is 94.5 Å². The number of aryl methyl sites for hydroxylation is 1. The van der Waals surface area contributed by atoms with Crippen molar-refractivity contribution in [1.29, 1.82) is 0 Å². The Hall–Kier alpha value is -1.77. The van der Waals surface area contributed by atoms with E-state index < -0.39 is 12.1 Å². The number of benzene rings is 1. The van der Waals surface area contributed by atoms with E-state index in [0.29, 0.717) is 12.8 Å². The Balaban J connectivity index is 1.39. The predicted molar refractivity (Wildman–Crippen MR) is 154 cm³/mol. The highest BCUT2D eigenvalue weighted by atomic mass is 16.7. The molecule has 224 valence electrons. The number of ether oxygens (including phenoxy) is 4. The summed E-state index contributed by atoms with van der Waals surface area (Å²) in [6.45, 7) is 1.51. The third kappa shape index (κ3) is 10.6. The molecule has 4 rings (SSSR count). The second kappa shape index (κ2) is 17.2. The normalized spacial score (nSPS) is 30.0. The minimum atomic E-state index is -0.757. The van der Waals surface area contributed by atoms with E-state index in [1.807, 2.05) is 0 Å². The molecule has 3 aliphatic rings. The van der Waals surface area contributed by atoms with Crippen LogP contribution in [0.1, 0.15) is 95.5 Å². The molecular weight excluding hydrogens is 508 g/mol. The fourth-order valence-electron chi connectivity index (χ4n) is 6.46. The number of rotatable bonds is 16. The van der Waals surface area contributed by atoms with E-state index in [1.165, 1.54) is 5.56 Å². The fourth-order valence-corrected chi connectivity index (χ4v) is 6.46. The van der Waals surface area contributed by atoms with E-state index in [-0.39, 0.29) is 43.0 Å². The van der Waals surface area contributed by atoms with Gasteiger partial charge in [0.2, 0.25) is 0 Å². The van der Waals surface area contributed by atoms with Gasteiger partial charge in [0.05, 0.1) is 18.3 Å². The van der Waals surface area contributed by atoms with Gasteiger partial charge in [0.1, 0.15) is 0 Å². The molecule has 40 heavy (non-hydrogen) atoms. The van der Waals surface area contributed by atoms with Gasteiger partial charge in [0.25, 0.3) is 0 Å². The van der Waals surface area contributed by atoms with Crippen LogP contribution in [0.25, 0.3) is 0 Å². The summed E-state index contributed by atoms with van der Waals surface area (Å²) in [5.41, 5.74) is 1.32. The molecule has 0 amide bonds. The average molecular weight is 559 g/mol. The molecule has 1 saturated carbocycles. The predicted octanol–water partition coefficient (Wildman–Crippen LogP) is 6.42. The molecule has 2 heterocycles. The number of aliphatic hydroxyl groups is 1. The van der Waals surface area contributed by atoms with Crippen LogP contribution in [0.4, 0.5) is 0 Å². The van der Waals surface area contributed by atoms with E-state index in [9.17, 15) is 9.90 Å². The number of aliphatic carboxylic acids is 1. The maximum Gasteiger partial charge on any atom is 0.303 e. The molecule has 7 nitrogen and oxygen atoms in total. The zero-order chi connectivity index (χ0) is 28.0. The largest absolute Gasteiger partial charge is 0.481 e. The highest BCUT2D eigenvalue weighted by Gasteiger charge is 2.43. The molecule has 2 N–H and O–H groups in total. The second-order valence-electron chi connectivity index (χ2n) is 11.8. The van der Waals surface area contributed by atoms with Crippen molar-refractivity contribution in [2.24, 2.45) is 11.8 Å². The third-order valence-corrected chi connectivity index (χ3v) is 8.70. The van der Waals surface area contributed by atoms with E-state index >= 15 is 0 Å². The lowest BCUT2D eigenvalue weighted by molar-refractivity contribution is -0.200. The Morgan fingerprint density at radius 1 is 0.975 bits per heavy atom. The van der Waals surface area contributed by atoms with E-state index in [0.717, 1.165) is 90.3 Å². The summed E-state index contributed by atoms with van der Waals surface area (Å²) >= 11 is 0. The Morgan fingerprint density at radius 2 is 1.73 bits per heavy atom. The number of carboxylic acid groups (broad SMARTS) is 1. The van der Waals surface area contributed by atoms with Crippen LogP contribution < -0.4 is 0 Å². The SMILES string of the molecule is O=C(O)CCC/C=C/C[C@@H]1[C@@H](CC[C@H](CCc2ccccc2)OC2CCCCO2)[C@H](OC2CCCCO2)C[C@@H]1O. The molecule has 1 aromatic rings. The summed E-state index contributed by atoms with van der Waals surface area (Å²) in [4.78, 5) is 10.8. The van der Waals surface area contributed by atoms with Crippen molar-refractivity contribution in [3.8, 4) is 0 Å². The first-order valence-electron chi connectivity index (χ1n) is 15.7. The van der Waals surface area contributed by atoms with Crippen LogP contribution in [0.3, 0.4) is 0 Å². The number of aliphatic hydroxyl groups excluding tert-OH is 1. The summed E-state index contributed by atoms with van der Waals surface area (Å²) in [6.07, 6.45) is 16.5. The number of hydrogen-bond acceptors (Lipinski definition) is 6. The zero-order valence-corrected chi connectivity index (χ0v) is 24.0. The number of unbranched alkanes of at least 4 members (excludes halogenated alkanes) is 1. The van der Waals surface area contributed by atoms with Crippen LogP contribution in [0.2, 0.25) is 0 Å². The van der Waals surface area contributed by atoms with Crippen molar-refractivity contribution < 1.29 is 34.0 Å². The maximum atomic E-state index is 11.1. The van der Waals surface area contributed by atoms with Crippen molar-refractivity contribution in [3.63, 3.8) is 0 Å². The smallest absolute Gasteiger partial charge is 0.303 e. The van der Waals surface area contributed by atoms with Gasteiger partial charge in [-0.3, -0.25) is 4.79 Å². The van der Waals surface area contributed by atoms with Gasteiger partial charge >= 0.3 is 5.97 Å². The average Bonchev–Trinajstić information content (AvgIpc) is 3.26. The van der Waals surface area contributed by atoms with Gasteiger partial charge in [-0.2, -0.15) is 0 Å². The standard InChI is InChI=1S/C33H50O7/c34-29-24-30(40-33-17-9-11-23-38-33)28(27(29)14-6-1-2-7-15-31(35)36)21-20-26(39-32-16-8-10-22-37-32)19-18-25-12-4-3-5-13-25/h1,3-6,12-13,26-30,32-34H,2,7-11,14-24H2,(H,35,36)/b6-1+/t26-,27+,28+,29-,30+,32?,33?/m0/s1. The number of hydrogen-bond donors (Lipinski definition) is 2. The van der Waals surface area contributed by atoms with Crippen LogP contribution in [0.5, 0.6) is 0 Å². The minimum Gasteiger partial charge on any atom is -0.481 e. The Morgan fingerprint density at radius 3 is 2.42 bits per heavy atom. The highest BCUT2D eigenvalue weighted by molar-refractivity contribution is 5.66. The first-order chi connectivity index (χ1) is 19.6. The van der Waals surface area contributed by atoms with Gasteiger partial charge in [0.15, 0.2) is 12.6 Å². The van der Waals surface area contributed by atoms with Crippen molar-refractivity contribution >= 4 is 5.97 Å². The van der Waals surface area contributed by atoms with Crippen LogP contribution in [-0.4, -0.2) is 60.3 Å². The Bertz CT molecular complexity index is 863. The van der Waals surface area contributed by atoms with Crippen molar-refractivity contribution in [2.75, 3.05) is 13.2 Å². The first-order valence-corrected chi connectivity index (χ1v) is 15.7. The molecule has 0 spiro atoms. The molecular formula is C33H50O7. The molecule has 0 bridgehead atoms. The van der Waals surface area contributed by atoms with Crippen LogP contribution in [-0.2, 0) is 30.2 Å². The summed E-state index contributed by atoms with van der Waals surface area (Å²) in [7, 11) is 0. The van der Waals surface area contributed by atoms with Crippen LogP contribution in [0.15, 0.2) is 42.5 Å². The zero-order valence-electron chi connectivity index (χ0n) is 24.0.